The first kappa shape index (κ1) is 15.2. The van der Waals surface area contributed by atoms with Crippen LogP contribution in [0.5, 0.6) is 0 Å². The van der Waals surface area contributed by atoms with E-state index in [1.54, 1.807) is 6.92 Å². The maximum absolute atomic E-state index is 9.18. The van der Waals surface area contributed by atoms with E-state index in [0.29, 0.717) is 37.4 Å². The number of hydrogen-bond donors (Lipinski definition) is 1. The minimum Gasteiger partial charge on any atom is -0.468 e. The van der Waals surface area contributed by atoms with Gasteiger partial charge in [0.15, 0.2) is 0 Å². The van der Waals surface area contributed by atoms with Crippen LogP contribution >= 0.6 is 0 Å². The average molecular weight is 255 g/mol. The van der Waals surface area contributed by atoms with Gasteiger partial charge in [0.2, 0.25) is 0 Å². The lowest BCUT2D eigenvalue weighted by molar-refractivity contribution is -0.128. The van der Waals surface area contributed by atoms with Crippen LogP contribution in [0.3, 0.4) is 0 Å². The maximum Gasteiger partial charge on any atom is 0.293 e. The first-order valence-corrected chi connectivity index (χ1v) is 6.90. The van der Waals surface area contributed by atoms with E-state index in [1.807, 2.05) is 0 Å². The van der Waals surface area contributed by atoms with Crippen molar-refractivity contribution in [3.63, 3.8) is 0 Å². The van der Waals surface area contributed by atoms with Crippen LogP contribution in [-0.2, 0) is 14.3 Å². The van der Waals surface area contributed by atoms with Crippen molar-refractivity contribution in [1.82, 2.24) is 5.32 Å². The van der Waals surface area contributed by atoms with Gasteiger partial charge in [-0.1, -0.05) is 26.0 Å². The summed E-state index contributed by atoms with van der Waals surface area (Å²) in [6.07, 6.45) is 8.68. The fourth-order valence-electron chi connectivity index (χ4n) is 2.11. The molecule has 1 saturated heterocycles. The van der Waals surface area contributed by atoms with Crippen molar-refractivity contribution in [2.45, 2.75) is 64.3 Å². The number of hydrogen-bond acceptors (Lipinski definition) is 4. The highest BCUT2D eigenvalue weighted by Gasteiger charge is 2.43. The molecule has 0 aromatic rings. The Balaban J connectivity index is 0.000000280. The summed E-state index contributed by atoms with van der Waals surface area (Å²) >= 11 is 0. The molecule has 3 atom stereocenters. The highest BCUT2D eigenvalue weighted by atomic mass is 16.5. The first-order valence-electron chi connectivity index (χ1n) is 6.90. The zero-order valence-electron chi connectivity index (χ0n) is 11.6. The molecule has 4 nitrogen and oxygen atoms in total. The molecule has 0 radical (unpaired) electrons. The molecule has 104 valence electrons. The van der Waals surface area contributed by atoms with E-state index in [0.717, 1.165) is 12.8 Å². The summed E-state index contributed by atoms with van der Waals surface area (Å²) in [4.78, 5) is 9.18. The minimum absolute atomic E-state index is 0.337. The van der Waals surface area contributed by atoms with Crippen LogP contribution in [0, 0.1) is 0 Å². The van der Waals surface area contributed by atoms with Gasteiger partial charge in [-0.2, -0.15) is 0 Å². The number of carbonyl (C=O) groups is 1. The molecule has 1 aliphatic heterocycles. The highest BCUT2D eigenvalue weighted by Crippen LogP contribution is 2.28. The fraction of sp³-hybridized carbons (Fsp3) is 0.786. The predicted molar refractivity (Wildman–Crippen MR) is 71.4 cm³/mol. The zero-order valence-corrected chi connectivity index (χ0v) is 11.6. The fourth-order valence-corrected chi connectivity index (χ4v) is 2.11. The third kappa shape index (κ3) is 4.78. The number of carbonyl (C=O) groups excluding carboxylic acids is 1. The van der Waals surface area contributed by atoms with Crippen molar-refractivity contribution in [1.29, 1.82) is 0 Å². The summed E-state index contributed by atoms with van der Waals surface area (Å²) in [5.74, 6) is 0. The minimum atomic E-state index is 0.337. The van der Waals surface area contributed by atoms with Gasteiger partial charge in [-0.05, 0) is 26.2 Å². The van der Waals surface area contributed by atoms with Gasteiger partial charge >= 0.3 is 0 Å². The van der Waals surface area contributed by atoms with Gasteiger partial charge in [-0.25, -0.2) is 0 Å². The topological polar surface area (TPSA) is 57.5 Å². The molecule has 0 bridgehead atoms. The van der Waals surface area contributed by atoms with Crippen molar-refractivity contribution >= 4 is 6.47 Å². The molecule has 0 saturated carbocycles. The van der Waals surface area contributed by atoms with Crippen LogP contribution in [-0.4, -0.2) is 37.4 Å². The van der Waals surface area contributed by atoms with Gasteiger partial charge in [-0.3, -0.25) is 4.79 Å². The Morgan fingerprint density at radius 1 is 1.39 bits per heavy atom. The number of nitrogens with one attached hydrogen (secondary N) is 1. The van der Waals surface area contributed by atoms with Gasteiger partial charge < -0.3 is 14.8 Å². The lowest BCUT2D eigenvalue weighted by atomic mass is 10.0. The van der Waals surface area contributed by atoms with E-state index in [-0.39, 0.29) is 0 Å². The van der Waals surface area contributed by atoms with Gasteiger partial charge in [-0.15, -0.1) is 0 Å². The zero-order chi connectivity index (χ0) is 13.4. The van der Waals surface area contributed by atoms with Crippen LogP contribution in [0.4, 0.5) is 0 Å². The molecule has 3 unspecified atom stereocenters. The van der Waals surface area contributed by atoms with Crippen molar-refractivity contribution in [2.75, 3.05) is 6.61 Å². The van der Waals surface area contributed by atoms with E-state index in [1.165, 1.54) is 6.42 Å². The third-order valence-electron chi connectivity index (χ3n) is 3.30. The van der Waals surface area contributed by atoms with E-state index in [4.69, 9.17) is 4.74 Å². The predicted octanol–water partition coefficient (Wildman–Crippen LogP) is 2.04. The second-order valence-electron chi connectivity index (χ2n) is 4.55. The number of ether oxygens (including phenoxy) is 2. The molecule has 1 N–H and O–H groups in total. The molecule has 1 heterocycles. The Hall–Kier alpha value is -0.870. The first-order chi connectivity index (χ1) is 8.76. The van der Waals surface area contributed by atoms with Gasteiger partial charge in [0, 0.05) is 6.04 Å². The lowest BCUT2D eigenvalue weighted by Gasteiger charge is -2.21. The van der Waals surface area contributed by atoms with Crippen molar-refractivity contribution in [3.8, 4) is 0 Å². The summed E-state index contributed by atoms with van der Waals surface area (Å²) in [6.45, 7) is 7.05. The van der Waals surface area contributed by atoms with Gasteiger partial charge in [0.05, 0.1) is 24.9 Å². The van der Waals surface area contributed by atoms with E-state index < -0.39 is 0 Å². The monoisotopic (exact) mass is 255 g/mol. The second-order valence-corrected chi connectivity index (χ2v) is 4.55. The molecule has 4 heteroatoms. The Morgan fingerprint density at radius 3 is 2.61 bits per heavy atom. The van der Waals surface area contributed by atoms with E-state index in [9.17, 15) is 4.79 Å². The lowest BCUT2D eigenvalue weighted by Crippen LogP contribution is -2.27. The quantitative estimate of drug-likeness (QED) is 0.448. The Kier molecular flexibility index (Phi) is 6.98. The van der Waals surface area contributed by atoms with Crippen LogP contribution in [0.15, 0.2) is 12.2 Å². The highest BCUT2D eigenvalue weighted by molar-refractivity contribution is 5.36. The summed E-state index contributed by atoms with van der Waals surface area (Å²) in [6, 6.07) is 1.33. The molecule has 1 fully saturated rings. The Bertz CT molecular complexity index is 264. The molecule has 18 heavy (non-hydrogen) atoms. The molecule has 2 rings (SSSR count). The Labute approximate surface area is 110 Å². The molecule has 0 spiro atoms. The second kappa shape index (κ2) is 8.27. The standard InChI is InChI=1S/C11H19NO.C3H6O2/c1-3-8(4-2)13-10-7-5-6-9-11(10)12-9;1-2-5-3-4/h5,7-12H,3-4,6H2,1-2H3;3H,2H2,1H3. The summed E-state index contributed by atoms with van der Waals surface area (Å²) in [5, 5.41) is 3.45. The SMILES string of the molecule is CCC(CC)OC1C=CCC2NC21.CCOC=O. The van der Waals surface area contributed by atoms with Crippen LogP contribution in [0.25, 0.3) is 0 Å². The molecule has 0 amide bonds. The number of rotatable bonds is 6. The van der Waals surface area contributed by atoms with Crippen molar-refractivity contribution in [3.05, 3.63) is 12.2 Å². The van der Waals surface area contributed by atoms with E-state index >= 15 is 0 Å². The van der Waals surface area contributed by atoms with Crippen LogP contribution in [0.2, 0.25) is 0 Å². The van der Waals surface area contributed by atoms with Crippen LogP contribution in [0.1, 0.15) is 40.0 Å². The molecule has 1 aliphatic carbocycles. The van der Waals surface area contributed by atoms with Gasteiger partial charge in [0.1, 0.15) is 0 Å². The average Bonchev–Trinajstić information content (AvgIpc) is 3.17. The smallest absolute Gasteiger partial charge is 0.293 e. The van der Waals surface area contributed by atoms with E-state index in [2.05, 4.69) is 36.1 Å². The molecule has 2 aliphatic rings. The number of fused-ring (bicyclic) bond motifs is 1. The Morgan fingerprint density at radius 2 is 2.11 bits per heavy atom. The van der Waals surface area contributed by atoms with Crippen molar-refractivity contribution < 1.29 is 14.3 Å². The summed E-state index contributed by atoms with van der Waals surface area (Å²) in [7, 11) is 0. The molecule has 0 aromatic heterocycles. The summed E-state index contributed by atoms with van der Waals surface area (Å²) < 4.78 is 10.1. The maximum atomic E-state index is 9.18. The largest absolute Gasteiger partial charge is 0.468 e. The normalized spacial score (nSPS) is 28.1. The van der Waals surface area contributed by atoms with Gasteiger partial charge in [0.25, 0.3) is 6.47 Å². The molecular weight excluding hydrogens is 230 g/mol. The van der Waals surface area contributed by atoms with Crippen molar-refractivity contribution in [2.24, 2.45) is 0 Å². The third-order valence-corrected chi connectivity index (χ3v) is 3.30. The molecular formula is C14H25NO3. The summed E-state index contributed by atoms with van der Waals surface area (Å²) in [5.41, 5.74) is 0. The van der Waals surface area contributed by atoms with Crippen LogP contribution < -0.4 is 5.32 Å². The molecule has 0 aromatic carbocycles.